The molecule has 0 bridgehead atoms. The van der Waals surface area contributed by atoms with Crippen LogP contribution in [0.5, 0.6) is 5.75 Å². The molecule has 0 fully saturated rings. The summed E-state index contributed by atoms with van der Waals surface area (Å²) in [6.07, 6.45) is 1.11. The van der Waals surface area contributed by atoms with Crippen molar-refractivity contribution in [1.29, 1.82) is 0 Å². The summed E-state index contributed by atoms with van der Waals surface area (Å²) >= 11 is 8.11. The summed E-state index contributed by atoms with van der Waals surface area (Å²) < 4.78 is 6.76. The number of fused-ring (bicyclic) bond motifs is 3. The minimum atomic E-state index is 0.793. The number of halogens is 1. The van der Waals surface area contributed by atoms with Gasteiger partial charge in [0.2, 0.25) is 0 Å². The van der Waals surface area contributed by atoms with Gasteiger partial charge in [-0.3, -0.25) is 0 Å². The van der Waals surface area contributed by atoms with Crippen LogP contribution in [-0.4, -0.2) is 13.7 Å². The average molecular weight is 268 g/mol. The van der Waals surface area contributed by atoms with Crippen molar-refractivity contribution in [3.05, 3.63) is 27.1 Å². The van der Waals surface area contributed by atoms with Gasteiger partial charge in [0.1, 0.15) is 5.75 Å². The summed E-state index contributed by atoms with van der Waals surface area (Å²) in [6, 6.07) is 1.93. The van der Waals surface area contributed by atoms with Gasteiger partial charge in [-0.15, -0.1) is 11.3 Å². The molecule has 17 heavy (non-hydrogen) atoms. The van der Waals surface area contributed by atoms with Gasteiger partial charge in [-0.25, -0.2) is 0 Å². The lowest BCUT2D eigenvalue weighted by atomic mass is 10.0. The third-order valence-corrected chi connectivity index (χ3v) is 5.15. The number of nitrogens with one attached hydrogen (secondary N) is 1. The maximum atomic E-state index is 6.25. The molecule has 1 aromatic heterocycles. The molecule has 1 N–H and O–H groups in total. The second-order valence-corrected chi connectivity index (χ2v) is 5.83. The van der Waals surface area contributed by atoms with E-state index in [1.165, 1.54) is 26.1 Å². The fourth-order valence-electron chi connectivity index (χ4n) is 2.41. The first-order chi connectivity index (χ1) is 8.22. The molecule has 0 spiro atoms. The monoisotopic (exact) mass is 267 g/mol. The zero-order valence-electron chi connectivity index (χ0n) is 9.89. The Morgan fingerprint density at radius 1 is 1.47 bits per heavy atom. The van der Waals surface area contributed by atoms with Crippen molar-refractivity contribution < 1.29 is 4.74 Å². The number of methoxy groups -OCH3 is 1. The second kappa shape index (κ2) is 4.16. The van der Waals surface area contributed by atoms with Gasteiger partial charge in [0, 0.05) is 33.1 Å². The number of hydrogen-bond donors (Lipinski definition) is 1. The first kappa shape index (κ1) is 11.3. The second-order valence-electron chi connectivity index (χ2n) is 4.32. The van der Waals surface area contributed by atoms with Crippen LogP contribution in [0, 0.1) is 6.92 Å². The molecule has 0 atom stereocenters. The summed E-state index contributed by atoms with van der Waals surface area (Å²) in [6.45, 7) is 4.08. The summed E-state index contributed by atoms with van der Waals surface area (Å²) in [4.78, 5) is 1.47. The highest BCUT2D eigenvalue weighted by Crippen LogP contribution is 2.43. The molecule has 1 aliphatic rings. The van der Waals surface area contributed by atoms with Gasteiger partial charge in [-0.1, -0.05) is 11.6 Å². The molecule has 4 heteroatoms. The van der Waals surface area contributed by atoms with Crippen LogP contribution in [0.2, 0.25) is 5.02 Å². The summed E-state index contributed by atoms with van der Waals surface area (Å²) in [5.74, 6) is 0.900. The predicted octanol–water partition coefficient (Wildman–Crippen LogP) is 3.52. The smallest absolute Gasteiger partial charge is 0.129 e. The number of rotatable bonds is 1. The Morgan fingerprint density at radius 2 is 2.29 bits per heavy atom. The fourth-order valence-corrected chi connectivity index (χ4v) is 3.99. The highest BCUT2D eigenvalue weighted by Gasteiger charge is 2.20. The van der Waals surface area contributed by atoms with E-state index in [1.807, 2.05) is 17.4 Å². The van der Waals surface area contributed by atoms with Crippen molar-refractivity contribution in [3.8, 4) is 5.75 Å². The Kier molecular flexibility index (Phi) is 2.77. The van der Waals surface area contributed by atoms with Crippen molar-refractivity contribution in [2.24, 2.45) is 0 Å². The Labute approximate surface area is 110 Å². The van der Waals surface area contributed by atoms with Crippen LogP contribution < -0.4 is 10.1 Å². The molecule has 0 amide bonds. The minimum absolute atomic E-state index is 0.793. The zero-order valence-corrected chi connectivity index (χ0v) is 11.5. The minimum Gasteiger partial charge on any atom is -0.496 e. The van der Waals surface area contributed by atoms with Crippen molar-refractivity contribution in [1.82, 2.24) is 5.32 Å². The van der Waals surface area contributed by atoms with Crippen LogP contribution in [0.4, 0.5) is 0 Å². The van der Waals surface area contributed by atoms with Gasteiger partial charge < -0.3 is 10.1 Å². The van der Waals surface area contributed by atoms with E-state index in [2.05, 4.69) is 12.2 Å². The van der Waals surface area contributed by atoms with E-state index >= 15 is 0 Å². The number of hydrogen-bond acceptors (Lipinski definition) is 3. The standard InChI is InChI=1S/C13H14ClNOS/c1-7-9(14)5-10(16-2)12-8-6-15-4-3-11(8)17-13(7)12/h5,15H,3-4,6H2,1-2H3. The maximum Gasteiger partial charge on any atom is 0.129 e. The number of ether oxygens (including phenoxy) is 1. The molecule has 0 saturated heterocycles. The first-order valence-electron chi connectivity index (χ1n) is 5.70. The average Bonchev–Trinajstić information content (AvgIpc) is 2.73. The topological polar surface area (TPSA) is 21.3 Å². The molecule has 0 radical (unpaired) electrons. The molecule has 0 unspecified atom stereocenters. The van der Waals surface area contributed by atoms with Crippen LogP contribution in [-0.2, 0) is 13.0 Å². The van der Waals surface area contributed by atoms with Gasteiger partial charge >= 0.3 is 0 Å². The predicted molar refractivity (Wildman–Crippen MR) is 73.5 cm³/mol. The van der Waals surface area contributed by atoms with Crippen LogP contribution in [0.3, 0.4) is 0 Å². The van der Waals surface area contributed by atoms with E-state index < -0.39 is 0 Å². The highest BCUT2D eigenvalue weighted by molar-refractivity contribution is 7.19. The van der Waals surface area contributed by atoms with Crippen molar-refractivity contribution >= 4 is 33.0 Å². The van der Waals surface area contributed by atoms with Gasteiger partial charge in [-0.2, -0.15) is 0 Å². The lowest BCUT2D eigenvalue weighted by Crippen LogP contribution is -2.22. The lowest BCUT2D eigenvalue weighted by Gasteiger charge is -2.14. The Hall–Kier alpha value is -0.770. The van der Waals surface area contributed by atoms with Crippen molar-refractivity contribution in [2.75, 3.05) is 13.7 Å². The number of thiophene rings is 1. The molecule has 0 aliphatic carbocycles. The van der Waals surface area contributed by atoms with Gasteiger partial charge in [0.15, 0.2) is 0 Å². The molecule has 0 saturated carbocycles. The number of aryl methyl sites for hydroxylation is 1. The summed E-state index contributed by atoms with van der Waals surface area (Å²) in [5.41, 5.74) is 2.56. The summed E-state index contributed by atoms with van der Waals surface area (Å²) in [7, 11) is 1.71. The number of benzene rings is 1. The van der Waals surface area contributed by atoms with Gasteiger partial charge in [-0.05, 0) is 30.5 Å². The Morgan fingerprint density at radius 3 is 3.06 bits per heavy atom. The van der Waals surface area contributed by atoms with Crippen LogP contribution in [0.25, 0.3) is 10.1 Å². The van der Waals surface area contributed by atoms with E-state index in [4.69, 9.17) is 16.3 Å². The van der Waals surface area contributed by atoms with E-state index in [0.717, 1.165) is 30.3 Å². The van der Waals surface area contributed by atoms with Crippen molar-refractivity contribution in [3.63, 3.8) is 0 Å². The van der Waals surface area contributed by atoms with E-state index in [9.17, 15) is 0 Å². The van der Waals surface area contributed by atoms with E-state index in [-0.39, 0.29) is 0 Å². The van der Waals surface area contributed by atoms with E-state index in [0.29, 0.717) is 0 Å². The SMILES string of the molecule is COc1cc(Cl)c(C)c2sc3c(c12)CNCC3. The first-order valence-corrected chi connectivity index (χ1v) is 6.90. The van der Waals surface area contributed by atoms with Crippen LogP contribution in [0.15, 0.2) is 6.07 Å². The normalized spacial score (nSPS) is 15.0. The Bertz CT molecular complexity index is 591. The molecular weight excluding hydrogens is 254 g/mol. The van der Waals surface area contributed by atoms with Gasteiger partial charge in [0.25, 0.3) is 0 Å². The molecule has 2 heterocycles. The Balaban J connectivity index is 2.40. The lowest BCUT2D eigenvalue weighted by molar-refractivity contribution is 0.419. The zero-order chi connectivity index (χ0) is 12.0. The molecule has 3 rings (SSSR count). The molecular formula is C13H14ClNOS. The molecule has 1 aromatic carbocycles. The quantitative estimate of drug-likeness (QED) is 0.854. The maximum absolute atomic E-state index is 6.25. The van der Waals surface area contributed by atoms with Crippen LogP contribution in [0.1, 0.15) is 16.0 Å². The van der Waals surface area contributed by atoms with Gasteiger partial charge in [0.05, 0.1) is 7.11 Å². The molecule has 2 aromatic rings. The van der Waals surface area contributed by atoms with E-state index in [1.54, 1.807) is 7.11 Å². The highest BCUT2D eigenvalue weighted by atomic mass is 35.5. The molecule has 1 aliphatic heterocycles. The summed E-state index contributed by atoms with van der Waals surface area (Å²) in [5, 5.41) is 5.47. The fraction of sp³-hybridized carbons (Fsp3) is 0.385. The molecule has 90 valence electrons. The third-order valence-electron chi connectivity index (χ3n) is 3.34. The van der Waals surface area contributed by atoms with Crippen LogP contribution >= 0.6 is 22.9 Å². The van der Waals surface area contributed by atoms with Crippen molar-refractivity contribution in [2.45, 2.75) is 19.9 Å². The third kappa shape index (κ3) is 1.65. The largest absolute Gasteiger partial charge is 0.496 e. The molecule has 2 nitrogen and oxygen atoms in total.